The van der Waals surface area contributed by atoms with Crippen LogP contribution in [0.1, 0.15) is 39.2 Å². The Morgan fingerprint density at radius 2 is 1.76 bits per heavy atom. The van der Waals surface area contributed by atoms with Gasteiger partial charge >= 0.3 is 5.97 Å². The quantitative estimate of drug-likeness (QED) is 0.321. The summed E-state index contributed by atoms with van der Waals surface area (Å²) < 4.78 is 0. The van der Waals surface area contributed by atoms with Crippen molar-refractivity contribution >= 4 is 38.4 Å². The number of carbonyl (C=O) groups excluding carboxylic acids is 1. The van der Waals surface area contributed by atoms with Crippen molar-refractivity contribution in [3.05, 3.63) is 83.4 Å². The molecule has 0 aliphatic heterocycles. The van der Waals surface area contributed by atoms with Crippen LogP contribution in [0.25, 0.3) is 10.8 Å². The number of carbonyl (C=O) groups is 1. The van der Waals surface area contributed by atoms with Crippen molar-refractivity contribution in [3.63, 3.8) is 0 Å². The van der Waals surface area contributed by atoms with Gasteiger partial charge < -0.3 is 4.84 Å². The second kappa shape index (κ2) is 6.81. The van der Waals surface area contributed by atoms with Crippen LogP contribution in [0.5, 0.6) is 0 Å². The Kier molecular flexibility index (Phi) is 4.36. The monoisotopic (exact) mass is 393 g/mol. The molecule has 0 aromatic heterocycles. The minimum absolute atomic E-state index is 0.288. The van der Waals surface area contributed by atoms with Crippen molar-refractivity contribution in [1.29, 1.82) is 0 Å². The lowest BCUT2D eigenvalue weighted by Crippen LogP contribution is -2.15. The molecule has 124 valence electrons. The highest BCUT2D eigenvalue weighted by atomic mass is 79.9. The van der Waals surface area contributed by atoms with Gasteiger partial charge in [-0.3, -0.25) is 0 Å². The first-order chi connectivity index (χ1) is 12.2. The molecule has 1 aliphatic carbocycles. The summed E-state index contributed by atoms with van der Waals surface area (Å²) >= 11 is 3.75. The third-order valence-corrected chi connectivity index (χ3v) is 5.42. The average Bonchev–Trinajstić information content (AvgIpc) is 2.67. The number of rotatable bonds is 2. The smallest absolute Gasteiger partial charge is 0.313 e. The number of hydrogen-bond acceptors (Lipinski definition) is 3. The van der Waals surface area contributed by atoms with Crippen LogP contribution in [0.2, 0.25) is 0 Å². The first-order valence-corrected chi connectivity index (χ1v) is 9.15. The summed E-state index contributed by atoms with van der Waals surface area (Å²) in [6.07, 6.45) is 1.69. The highest BCUT2D eigenvalue weighted by Gasteiger charge is 2.25. The molecule has 1 atom stereocenters. The first-order valence-electron chi connectivity index (χ1n) is 8.23. The lowest BCUT2D eigenvalue weighted by molar-refractivity contribution is 0.0515. The molecule has 0 bridgehead atoms. The molecule has 0 saturated carbocycles. The summed E-state index contributed by atoms with van der Waals surface area (Å²) in [5.41, 5.74) is 3.59. The highest BCUT2D eigenvalue weighted by Crippen LogP contribution is 2.39. The number of hydrogen-bond donors (Lipinski definition) is 0. The lowest BCUT2D eigenvalue weighted by atomic mass is 9.86. The Hall–Kier alpha value is -2.46. The van der Waals surface area contributed by atoms with Gasteiger partial charge in [-0.2, -0.15) is 0 Å². The van der Waals surface area contributed by atoms with Gasteiger partial charge in [-0.05, 0) is 41.3 Å². The maximum atomic E-state index is 12.2. The summed E-state index contributed by atoms with van der Waals surface area (Å²) in [7, 11) is 0. The molecule has 1 unspecified atom stereocenters. The third kappa shape index (κ3) is 3.10. The molecule has 1 aliphatic rings. The van der Waals surface area contributed by atoms with Gasteiger partial charge in [-0.15, -0.1) is 0 Å². The number of oxime groups is 1. The van der Waals surface area contributed by atoms with Gasteiger partial charge in [0.05, 0.1) is 11.3 Å². The van der Waals surface area contributed by atoms with Crippen LogP contribution in [0.3, 0.4) is 0 Å². The van der Waals surface area contributed by atoms with Gasteiger partial charge in [0, 0.05) is 10.4 Å². The topological polar surface area (TPSA) is 38.7 Å². The predicted molar refractivity (Wildman–Crippen MR) is 103 cm³/mol. The van der Waals surface area contributed by atoms with Gasteiger partial charge in [0.2, 0.25) is 0 Å². The van der Waals surface area contributed by atoms with E-state index in [0.29, 0.717) is 5.56 Å². The summed E-state index contributed by atoms with van der Waals surface area (Å²) in [5, 5.41) is 6.53. The fourth-order valence-corrected chi connectivity index (χ4v) is 3.84. The van der Waals surface area contributed by atoms with E-state index in [9.17, 15) is 4.79 Å². The largest absolute Gasteiger partial charge is 0.365 e. The second-order valence-corrected chi connectivity index (χ2v) is 7.15. The summed E-state index contributed by atoms with van der Waals surface area (Å²) in [4.78, 5) is 17.7. The Morgan fingerprint density at radius 3 is 2.60 bits per heavy atom. The number of nitrogens with zero attached hydrogens (tertiary/aromatic N) is 1. The van der Waals surface area contributed by atoms with E-state index in [1.54, 1.807) is 12.1 Å². The molecular weight excluding hydrogens is 378 g/mol. The summed E-state index contributed by atoms with van der Waals surface area (Å²) in [6.45, 7) is 0. The van der Waals surface area contributed by atoms with Crippen molar-refractivity contribution < 1.29 is 9.63 Å². The number of alkyl halides is 1. The van der Waals surface area contributed by atoms with Gasteiger partial charge in [0.1, 0.15) is 0 Å². The van der Waals surface area contributed by atoms with Crippen LogP contribution < -0.4 is 0 Å². The third-order valence-electron chi connectivity index (χ3n) is 4.47. The predicted octanol–water partition coefficient (Wildman–Crippen LogP) is 5.63. The Bertz CT molecular complexity index is 966. The van der Waals surface area contributed by atoms with Crippen LogP contribution in [0.4, 0.5) is 0 Å². The zero-order valence-corrected chi connectivity index (χ0v) is 15.1. The van der Waals surface area contributed by atoms with E-state index in [0.717, 1.165) is 34.9 Å². The van der Waals surface area contributed by atoms with Crippen LogP contribution in [-0.4, -0.2) is 11.7 Å². The van der Waals surface area contributed by atoms with E-state index >= 15 is 0 Å². The maximum absolute atomic E-state index is 12.2. The molecule has 0 saturated heterocycles. The summed E-state index contributed by atoms with van der Waals surface area (Å²) in [6, 6.07) is 21.4. The first kappa shape index (κ1) is 16.0. The minimum Gasteiger partial charge on any atom is -0.313 e. The molecule has 0 N–H and O–H groups in total. The Labute approximate surface area is 154 Å². The van der Waals surface area contributed by atoms with Crippen LogP contribution in [0.15, 0.2) is 71.9 Å². The van der Waals surface area contributed by atoms with E-state index < -0.39 is 5.97 Å². The van der Waals surface area contributed by atoms with E-state index in [1.807, 2.05) is 30.3 Å². The normalized spacial score (nSPS) is 18.1. The molecule has 25 heavy (non-hydrogen) atoms. The zero-order chi connectivity index (χ0) is 17.2. The molecule has 0 radical (unpaired) electrons. The molecule has 3 nitrogen and oxygen atoms in total. The van der Waals surface area contributed by atoms with Crippen molar-refractivity contribution in [2.45, 2.75) is 17.7 Å². The molecule has 0 fully saturated rings. The van der Waals surface area contributed by atoms with Gasteiger partial charge in [-0.1, -0.05) is 75.7 Å². The number of fused-ring (bicyclic) bond motifs is 3. The van der Waals surface area contributed by atoms with Crippen LogP contribution >= 0.6 is 15.9 Å². The average molecular weight is 394 g/mol. The van der Waals surface area contributed by atoms with Crippen molar-refractivity contribution in [3.8, 4) is 0 Å². The molecule has 4 heteroatoms. The Balaban J connectivity index is 1.74. The van der Waals surface area contributed by atoms with Gasteiger partial charge in [0.25, 0.3) is 0 Å². The lowest BCUT2D eigenvalue weighted by Gasteiger charge is -2.23. The fourth-order valence-electron chi connectivity index (χ4n) is 3.23. The van der Waals surface area contributed by atoms with E-state index in [1.165, 1.54) is 5.56 Å². The van der Waals surface area contributed by atoms with Crippen molar-refractivity contribution in [2.24, 2.45) is 5.16 Å². The molecule has 0 amide bonds. The van der Waals surface area contributed by atoms with Crippen molar-refractivity contribution in [1.82, 2.24) is 0 Å². The standard InChI is InChI=1S/C21H16BrNO2/c22-18-12-13-19(23-25-21(24)15-7-2-1-3-8-15)20-16-9-5-4-6-14(16)10-11-17(18)20/h1-11,18H,12-13H2. The molecule has 3 aromatic rings. The number of benzene rings is 3. The molecule has 0 spiro atoms. The van der Waals surface area contributed by atoms with Crippen LogP contribution in [0, 0.1) is 0 Å². The minimum atomic E-state index is -0.434. The molecular formula is C21H16BrNO2. The number of halogens is 1. The van der Waals surface area contributed by atoms with E-state index in [2.05, 4.69) is 45.4 Å². The Morgan fingerprint density at radius 1 is 1.00 bits per heavy atom. The van der Waals surface area contributed by atoms with Crippen molar-refractivity contribution in [2.75, 3.05) is 0 Å². The summed E-state index contributed by atoms with van der Waals surface area (Å²) in [5.74, 6) is -0.434. The SMILES string of the molecule is O=C(ON=C1CCC(Br)c2ccc3ccccc3c21)c1ccccc1. The highest BCUT2D eigenvalue weighted by molar-refractivity contribution is 9.09. The van der Waals surface area contributed by atoms with E-state index in [4.69, 9.17) is 4.84 Å². The zero-order valence-electron chi connectivity index (χ0n) is 13.5. The second-order valence-electron chi connectivity index (χ2n) is 6.04. The fraction of sp³-hybridized carbons (Fsp3) is 0.143. The maximum Gasteiger partial charge on any atom is 0.365 e. The van der Waals surface area contributed by atoms with Gasteiger partial charge in [0.15, 0.2) is 0 Å². The molecule has 4 rings (SSSR count). The molecule has 3 aromatic carbocycles. The van der Waals surface area contributed by atoms with E-state index in [-0.39, 0.29) is 4.83 Å². The molecule has 0 heterocycles. The van der Waals surface area contributed by atoms with Gasteiger partial charge in [-0.25, -0.2) is 4.79 Å². The van der Waals surface area contributed by atoms with Crippen LogP contribution in [-0.2, 0) is 4.84 Å².